The van der Waals surface area contributed by atoms with Crippen LogP contribution >= 0.6 is 0 Å². The molecule has 0 fully saturated rings. The smallest absolute Gasteiger partial charge is 0.314 e. The molecule has 0 aromatic heterocycles. The maximum atomic E-state index is 11.0. The number of rotatable bonds is 3. The first-order valence-electron chi connectivity index (χ1n) is 3.63. The Morgan fingerprint density at radius 2 is 1.91 bits per heavy atom. The third-order valence-corrected chi connectivity index (χ3v) is 1.59. The Balaban J connectivity index is 4.34. The zero-order valence-corrected chi connectivity index (χ0v) is 7.47. The van der Waals surface area contributed by atoms with E-state index in [1.165, 1.54) is 7.11 Å². The van der Waals surface area contributed by atoms with E-state index in [4.69, 9.17) is 5.41 Å². The van der Waals surface area contributed by atoms with Crippen molar-refractivity contribution in [1.29, 1.82) is 5.41 Å². The summed E-state index contributed by atoms with van der Waals surface area (Å²) in [5.41, 5.74) is 0.367. The van der Waals surface area contributed by atoms with E-state index in [2.05, 4.69) is 4.74 Å². The monoisotopic (exact) mass is 157 g/mol. The van der Waals surface area contributed by atoms with Gasteiger partial charge in [0, 0.05) is 5.71 Å². The van der Waals surface area contributed by atoms with Crippen LogP contribution in [0.25, 0.3) is 0 Å². The average molecular weight is 157 g/mol. The first-order chi connectivity index (χ1) is 5.00. The minimum atomic E-state index is -0.375. The van der Waals surface area contributed by atoms with Gasteiger partial charge in [-0.15, -0.1) is 0 Å². The summed E-state index contributed by atoms with van der Waals surface area (Å²) >= 11 is 0. The van der Waals surface area contributed by atoms with Crippen LogP contribution in [-0.4, -0.2) is 18.8 Å². The van der Waals surface area contributed by atoms with Gasteiger partial charge in [-0.2, -0.15) is 0 Å². The second kappa shape index (κ2) is 4.11. The first kappa shape index (κ1) is 10.1. The van der Waals surface area contributed by atoms with Gasteiger partial charge in [-0.25, -0.2) is 0 Å². The standard InChI is InChI=1S/C8H15NO2/c1-5(2)7(6(3)9)8(10)11-4/h5,7,9H,1-4H3. The molecule has 1 unspecified atom stereocenters. The number of hydrogen-bond donors (Lipinski definition) is 1. The summed E-state index contributed by atoms with van der Waals surface area (Å²) in [6.45, 7) is 5.43. The summed E-state index contributed by atoms with van der Waals surface area (Å²) in [6.07, 6.45) is 0. The van der Waals surface area contributed by atoms with Crippen molar-refractivity contribution in [3.05, 3.63) is 0 Å². The van der Waals surface area contributed by atoms with Crippen LogP contribution in [0.4, 0.5) is 0 Å². The SMILES string of the molecule is COC(=O)C(C(C)=N)C(C)C. The maximum absolute atomic E-state index is 11.0. The molecule has 0 amide bonds. The number of esters is 1. The molecular formula is C8H15NO2. The van der Waals surface area contributed by atoms with Crippen molar-refractivity contribution < 1.29 is 9.53 Å². The van der Waals surface area contributed by atoms with Gasteiger partial charge in [0.15, 0.2) is 0 Å². The average Bonchev–Trinajstić information content (AvgIpc) is 1.85. The van der Waals surface area contributed by atoms with Gasteiger partial charge in [0.1, 0.15) is 0 Å². The molecule has 0 radical (unpaired) electrons. The van der Waals surface area contributed by atoms with Gasteiger partial charge in [0.05, 0.1) is 13.0 Å². The fourth-order valence-corrected chi connectivity index (χ4v) is 1.08. The quantitative estimate of drug-likeness (QED) is 0.498. The number of hydrogen-bond acceptors (Lipinski definition) is 3. The van der Waals surface area contributed by atoms with E-state index in [0.717, 1.165) is 0 Å². The number of ether oxygens (including phenoxy) is 1. The van der Waals surface area contributed by atoms with Gasteiger partial charge in [-0.05, 0) is 12.8 Å². The molecule has 0 spiro atoms. The minimum absolute atomic E-state index is 0.139. The summed E-state index contributed by atoms with van der Waals surface area (Å²) in [5.74, 6) is -0.549. The zero-order chi connectivity index (χ0) is 9.02. The minimum Gasteiger partial charge on any atom is -0.469 e. The fourth-order valence-electron chi connectivity index (χ4n) is 1.08. The molecule has 0 bridgehead atoms. The van der Waals surface area contributed by atoms with Crippen molar-refractivity contribution in [3.63, 3.8) is 0 Å². The molecule has 0 heterocycles. The fraction of sp³-hybridized carbons (Fsp3) is 0.750. The predicted molar refractivity (Wildman–Crippen MR) is 43.7 cm³/mol. The van der Waals surface area contributed by atoms with Crippen LogP contribution in [0.5, 0.6) is 0 Å². The van der Waals surface area contributed by atoms with E-state index in [1.54, 1.807) is 6.92 Å². The van der Waals surface area contributed by atoms with Crippen molar-refractivity contribution in [3.8, 4) is 0 Å². The number of carbonyl (C=O) groups excluding carboxylic acids is 1. The summed E-state index contributed by atoms with van der Waals surface area (Å²) in [4.78, 5) is 11.0. The van der Waals surface area contributed by atoms with Crippen LogP contribution in [0.1, 0.15) is 20.8 Å². The highest BCUT2D eigenvalue weighted by atomic mass is 16.5. The molecule has 3 heteroatoms. The van der Waals surface area contributed by atoms with Gasteiger partial charge in [0.25, 0.3) is 0 Å². The molecule has 11 heavy (non-hydrogen) atoms. The highest BCUT2D eigenvalue weighted by Gasteiger charge is 2.24. The lowest BCUT2D eigenvalue weighted by Gasteiger charge is -2.16. The van der Waals surface area contributed by atoms with Crippen LogP contribution < -0.4 is 0 Å². The molecule has 1 atom stereocenters. The maximum Gasteiger partial charge on any atom is 0.314 e. The van der Waals surface area contributed by atoms with Gasteiger partial charge in [-0.3, -0.25) is 4.79 Å². The lowest BCUT2D eigenvalue weighted by atomic mass is 9.92. The Hall–Kier alpha value is -0.860. The molecule has 64 valence electrons. The van der Waals surface area contributed by atoms with Crippen LogP contribution in [-0.2, 0) is 9.53 Å². The largest absolute Gasteiger partial charge is 0.469 e. The van der Waals surface area contributed by atoms with Gasteiger partial charge >= 0.3 is 5.97 Å². The summed E-state index contributed by atoms with van der Waals surface area (Å²) in [5, 5.41) is 7.31. The summed E-state index contributed by atoms with van der Waals surface area (Å²) in [7, 11) is 1.35. The number of nitrogens with one attached hydrogen (secondary N) is 1. The highest BCUT2D eigenvalue weighted by molar-refractivity contribution is 5.99. The second-order valence-corrected chi connectivity index (χ2v) is 2.93. The normalized spacial score (nSPS) is 12.8. The van der Waals surface area contributed by atoms with E-state index in [1.807, 2.05) is 13.8 Å². The molecule has 0 saturated carbocycles. The molecule has 0 rings (SSSR count). The molecule has 0 aliphatic rings. The van der Waals surface area contributed by atoms with E-state index in [0.29, 0.717) is 5.71 Å². The van der Waals surface area contributed by atoms with Gasteiger partial charge in [-0.1, -0.05) is 13.8 Å². The van der Waals surface area contributed by atoms with Crippen molar-refractivity contribution in [2.75, 3.05) is 7.11 Å². The number of methoxy groups -OCH3 is 1. The molecule has 0 aromatic carbocycles. The first-order valence-corrected chi connectivity index (χ1v) is 3.63. The van der Waals surface area contributed by atoms with E-state index >= 15 is 0 Å². The molecule has 0 aliphatic heterocycles. The molecule has 1 N–H and O–H groups in total. The van der Waals surface area contributed by atoms with Crippen LogP contribution in [0.15, 0.2) is 0 Å². The van der Waals surface area contributed by atoms with Crippen molar-refractivity contribution in [2.24, 2.45) is 11.8 Å². The molecule has 0 aromatic rings. The van der Waals surface area contributed by atoms with Crippen LogP contribution in [0.3, 0.4) is 0 Å². The summed E-state index contributed by atoms with van der Waals surface area (Å²) < 4.78 is 4.56. The van der Waals surface area contributed by atoms with Gasteiger partial charge in [0.2, 0.25) is 0 Å². The van der Waals surface area contributed by atoms with Crippen LogP contribution in [0.2, 0.25) is 0 Å². The Kier molecular flexibility index (Phi) is 3.79. The second-order valence-electron chi connectivity index (χ2n) is 2.93. The zero-order valence-electron chi connectivity index (χ0n) is 7.47. The molecule has 0 aliphatic carbocycles. The Labute approximate surface area is 67.3 Å². The Morgan fingerprint density at radius 1 is 1.45 bits per heavy atom. The van der Waals surface area contributed by atoms with E-state index in [9.17, 15) is 4.79 Å². The third kappa shape index (κ3) is 2.70. The lowest BCUT2D eigenvalue weighted by Crippen LogP contribution is -2.27. The Morgan fingerprint density at radius 3 is 2.00 bits per heavy atom. The molecular weight excluding hydrogens is 142 g/mol. The highest BCUT2D eigenvalue weighted by Crippen LogP contribution is 2.13. The predicted octanol–water partition coefficient (Wildman–Crippen LogP) is 1.47. The van der Waals surface area contributed by atoms with Crippen LogP contribution in [0, 0.1) is 17.2 Å². The van der Waals surface area contributed by atoms with E-state index in [-0.39, 0.29) is 17.8 Å². The third-order valence-electron chi connectivity index (χ3n) is 1.59. The van der Waals surface area contributed by atoms with Crippen molar-refractivity contribution in [1.82, 2.24) is 0 Å². The summed E-state index contributed by atoms with van der Waals surface area (Å²) in [6, 6.07) is 0. The molecule has 0 saturated heterocycles. The van der Waals surface area contributed by atoms with Crippen molar-refractivity contribution in [2.45, 2.75) is 20.8 Å². The number of carbonyl (C=O) groups is 1. The van der Waals surface area contributed by atoms with E-state index < -0.39 is 0 Å². The lowest BCUT2D eigenvalue weighted by molar-refractivity contribution is -0.144. The van der Waals surface area contributed by atoms with Gasteiger partial charge < -0.3 is 10.1 Å². The van der Waals surface area contributed by atoms with Crippen molar-refractivity contribution >= 4 is 11.7 Å². The topological polar surface area (TPSA) is 50.2 Å². The Bertz CT molecular complexity index is 163. The molecule has 3 nitrogen and oxygen atoms in total.